The van der Waals surface area contributed by atoms with Crippen molar-refractivity contribution in [1.82, 2.24) is 4.98 Å². The quantitative estimate of drug-likeness (QED) is 0.795. The van der Waals surface area contributed by atoms with Crippen molar-refractivity contribution in [3.63, 3.8) is 0 Å². The molecule has 0 amide bonds. The highest BCUT2D eigenvalue weighted by Gasteiger charge is 2.34. The maximum Gasteiger partial charge on any atom is 0.433 e. The summed E-state index contributed by atoms with van der Waals surface area (Å²) in [5, 5.41) is 8.80. The molecule has 0 aromatic carbocycles. The van der Waals surface area contributed by atoms with Crippen LogP contribution in [-0.2, 0) is 6.18 Å². The predicted octanol–water partition coefficient (Wildman–Crippen LogP) is 1.23. The summed E-state index contributed by atoms with van der Waals surface area (Å²) < 4.78 is 47.0. The normalized spacial score (nSPS) is 19.6. The standard InChI is InChI=1S/C9H8F3NO3/c10-9(11,12)7-2-1-6-8(13-7)15-4-5(3-14)16-6/h1-2,5,14H,3-4H2. The number of aliphatic hydroxyl groups is 1. The monoisotopic (exact) mass is 235 g/mol. The average Bonchev–Trinajstić information content (AvgIpc) is 2.26. The molecule has 0 bridgehead atoms. The van der Waals surface area contributed by atoms with E-state index in [2.05, 4.69) is 4.98 Å². The Bertz CT molecular complexity index is 394. The lowest BCUT2D eigenvalue weighted by Gasteiger charge is -2.24. The Balaban J connectivity index is 2.28. The highest BCUT2D eigenvalue weighted by Crippen LogP contribution is 2.35. The molecule has 1 aliphatic rings. The number of aromatic nitrogens is 1. The number of halogens is 3. The Hall–Kier alpha value is -1.50. The van der Waals surface area contributed by atoms with E-state index in [1.54, 1.807) is 0 Å². The molecule has 1 N–H and O–H groups in total. The molecule has 88 valence electrons. The highest BCUT2D eigenvalue weighted by atomic mass is 19.4. The zero-order valence-corrected chi connectivity index (χ0v) is 7.99. The van der Waals surface area contributed by atoms with Gasteiger partial charge < -0.3 is 14.6 Å². The van der Waals surface area contributed by atoms with Crippen molar-refractivity contribution in [2.45, 2.75) is 12.3 Å². The molecule has 0 aliphatic carbocycles. The van der Waals surface area contributed by atoms with E-state index in [0.717, 1.165) is 12.1 Å². The SMILES string of the molecule is OCC1COc2nc(C(F)(F)F)ccc2O1. The second-order valence-electron chi connectivity index (χ2n) is 3.23. The van der Waals surface area contributed by atoms with Gasteiger partial charge in [-0.3, -0.25) is 0 Å². The first-order chi connectivity index (χ1) is 7.50. The predicted molar refractivity (Wildman–Crippen MR) is 46.2 cm³/mol. The van der Waals surface area contributed by atoms with Gasteiger partial charge in [0.15, 0.2) is 11.9 Å². The number of fused-ring (bicyclic) bond motifs is 1. The number of ether oxygens (including phenoxy) is 2. The molecule has 0 spiro atoms. The van der Waals surface area contributed by atoms with Crippen molar-refractivity contribution in [2.24, 2.45) is 0 Å². The van der Waals surface area contributed by atoms with Crippen molar-refractivity contribution in [1.29, 1.82) is 0 Å². The molecule has 1 unspecified atom stereocenters. The van der Waals surface area contributed by atoms with Crippen LogP contribution in [-0.4, -0.2) is 29.4 Å². The van der Waals surface area contributed by atoms with E-state index in [0.29, 0.717) is 0 Å². The van der Waals surface area contributed by atoms with E-state index < -0.39 is 18.0 Å². The van der Waals surface area contributed by atoms with Crippen LogP contribution in [0.1, 0.15) is 5.69 Å². The minimum atomic E-state index is -4.51. The third-order valence-corrected chi connectivity index (χ3v) is 2.02. The topological polar surface area (TPSA) is 51.6 Å². The van der Waals surface area contributed by atoms with E-state index in [9.17, 15) is 13.2 Å². The van der Waals surface area contributed by atoms with Gasteiger partial charge >= 0.3 is 6.18 Å². The molecule has 4 nitrogen and oxygen atoms in total. The number of aliphatic hydroxyl groups excluding tert-OH is 1. The van der Waals surface area contributed by atoms with Gasteiger partial charge in [0.2, 0.25) is 0 Å². The van der Waals surface area contributed by atoms with Crippen LogP contribution < -0.4 is 9.47 Å². The largest absolute Gasteiger partial charge is 0.479 e. The first-order valence-electron chi connectivity index (χ1n) is 4.49. The third-order valence-electron chi connectivity index (χ3n) is 2.02. The van der Waals surface area contributed by atoms with Gasteiger partial charge in [-0.2, -0.15) is 13.2 Å². The lowest BCUT2D eigenvalue weighted by molar-refractivity contribution is -0.141. The van der Waals surface area contributed by atoms with Crippen LogP contribution in [0, 0.1) is 0 Å². The molecule has 0 radical (unpaired) electrons. The summed E-state index contributed by atoms with van der Waals surface area (Å²) in [6.45, 7) is -0.279. The summed E-state index contributed by atoms with van der Waals surface area (Å²) in [5.41, 5.74) is -1.03. The summed E-state index contributed by atoms with van der Waals surface area (Å²) in [6, 6.07) is 1.94. The fourth-order valence-corrected chi connectivity index (χ4v) is 1.25. The summed E-state index contributed by atoms with van der Waals surface area (Å²) >= 11 is 0. The van der Waals surface area contributed by atoms with Gasteiger partial charge in [0.25, 0.3) is 5.88 Å². The first-order valence-corrected chi connectivity index (χ1v) is 4.49. The maximum absolute atomic E-state index is 12.3. The van der Waals surface area contributed by atoms with Crippen LogP contribution in [0.15, 0.2) is 12.1 Å². The number of alkyl halides is 3. The molecule has 0 fully saturated rings. The molecule has 16 heavy (non-hydrogen) atoms. The van der Waals surface area contributed by atoms with Crippen LogP contribution >= 0.6 is 0 Å². The van der Waals surface area contributed by atoms with Crippen molar-refractivity contribution in [3.8, 4) is 11.6 Å². The molecule has 2 heterocycles. The summed E-state index contributed by atoms with van der Waals surface area (Å²) in [5.74, 6) is -0.0853. The van der Waals surface area contributed by atoms with Crippen molar-refractivity contribution < 1.29 is 27.8 Å². The average molecular weight is 235 g/mol. The Morgan fingerprint density at radius 2 is 2.19 bits per heavy atom. The lowest BCUT2D eigenvalue weighted by Crippen LogP contribution is -2.32. The lowest BCUT2D eigenvalue weighted by atomic mass is 10.3. The van der Waals surface area contributed by atoms with E-state index in [4.69, 9.17) is 14.6 Å². The van der Waals surface area contributed by atoms with Gasteiger partial charge in [0.05, 0.1) is 6.61 Å². The van der Waals surface area contributed by atoms with Crippen LogP contribution in [0.5, 0.6) is 11.6 Å². The van der Waals surface area contributed by atoms with Crippen molar-refractivity contribution >= 4 is 0 Å². The molecule has 0 saturated heterocycles. The number of nitrogens with zero attached hydrogens (tertiary/aromatic N) is 1. The molecule has 2 rings (SSSR count). The Morgan fingerprint density at radius 3 is 2.81 bits per heavy atom. The maximum atomic E-state index is 12.3. The molecule has 1 aromatic heterocycles. The zero-order chi connectivity index (χ0) is 11.8. The van der Waals surface area contributed by atoms with Crippen molar-refractivity contribution in [3.05, 3.63) is 17.8 Å². The fourth-order valence-electron chi connectivity index (χ4n) is 1.25. The number of pyridine rings is 1. The van der Waals surface area contributed by atoms with Crippen LogP contribution in [0.25, 0.3) is 0 Å². The van der Waals surface area contributed by atoms with E-state index in [-0.39, 0.29) is 24.8 Å². The first kappa shape index (κ1) is 11.0. The van der Waals surface area contributed by atoms with Crippen LogP contribution in [0.4, 0.5) is 13.2 Å². The summed E-state index contributed by atoms with van der Waals surface area (Å²) in [7, 11) is 0. The minimum absolute atomic E-state index is 0.0161. The number of hydrogen-bond acceptors (Lipinski definition) is 4. The molecule has 1 aromatic rings. The number of hydrogen-bond donors (Lipinski definition) is 1. The molecular formula is C9H8F3NO3. The zero-order valence-electron chi connectivity index (χ0n) is 7.99. The summed E-state index contributed by atoms with van der Waals surface area (Å²) in [6.07, 6.45) is -5.07. The molecular weight excluding hydrogens is 227 g/mol. The molecule has 0 saturated carbocycles. The number of rotatable bonds is 1. The Morgan fingerprint density at radius 1 is 1.44 bits per heavy atom. The molecule has 7 heteroatoms. The van der Waals surface area contributed by atoms with Crippen molar-refractivity contribution in [2.75, 3.05) is 13.2 Å². The van der Waals surface area contributed by atoms with Gasteiger partial charge in [-0.1, -0.05) is 0 Å². The Labute approximate surface area is 88.6 Å². The smallest absolute Gasteiger partial charge is 0.433 e. The molecule has 1 atom stereocenters. The Kier molecular flexibility index (Phi) is 2.63. The molecule has 1 aliphatic heterocycles. The second kappa shape index (κ2) is 3.82. The van der Waals surface area contributed by atoms with E-state index in [1.807, 2.05) is 0 Å². The van der Waals surface area contributed by atoms with Gasteiger partial charge in [0.1, 0.15) is 12.3 Å². The fraction of sp³-hybridized carbons (Fsp3) is 0.444. The van der Waals surface area contributed by atoms with Gasteiger partial charge in [-0.05, 0) is 12.1 Å². The van der Waals surface area contributed by atoms with Gasteiger partial charge in [-0.15, -0.1) is 0 Å². The highest BCUT2D eigenvalue weighted by molar-refractivity contribution is 5.36. The van der Waals surface area contributed by atoms with Gasteiger partial charge in [-0.25, -0.2) is 4.98 Å². The van der Waals surface area contributed by atoms with Crippen LogP contribution in [0.3, 0.4) is 0 Å². The minimum Gasteiger partial charge on any atom is -0.479 e. The second-order valence-corrected chi connectivity index (χ2v) is 3.23. The third kappa shape index (κ3) is 2.04. The van der Waals surface area contributed by atoms with E-state index >= 15 is 0 Å². The summed E-state index contributed by atoms with van der Waals surface area (Å²) in [4.78, 5) is 3.30. The van der Waals surface area contributed by atoms with Crippen LogP contribution in [0.2, 0.25) is 0 Å². The van der Waals surface area contributed by atoms with E-state index in [1.165, 1.54) is 0 Å². The van der Waals surface area contributed by atoms with Gasteiger partial charge in [0, 0.05) is 0 Å².